The molecule has 0 rings (SSSR count). The van der Waals surface area contributed by atoms with Gasteiger partial charge in [0.25, 0.3) is 0 Å². The first kappa shape index (κ1) is 64.8. The van der Waals surface area contributed by atoms with E-state index in [0.29, 0.717) is 19.3 Å². The van der Waals surface area contributed by atoms with Crippen molar-refractivity contribution in [2.75, 3.05) is 13.2 Å². The molecule has 392 valence electrons. The summed E-state index contributed by atoms with van der Waals surface area (Å²) >= 11 is 0. The van der Waals surface area contributed by atoms with E-state index in [9.17, 15) is 14.4 Å². The smallest absolute Gasteiger partial charge is 0.306 e. The van der Waals surface area contributed by atoms with E-state index in [0.717, 1.165) is 96.3 Å². The van der Waals surface area contributed by atoms with Crippen molar-refractivity contribution in [1.82, 2.24) is 0 Å². The molecule has 0 fully saturated rings. The number of unbranched alkanes of at least 4 members (excludes halogenated alkanes) is 32. The van der Waals surface area contributed by atoms with Crippen LogP contribution in [0.3, 0.4) is 0 Å². The Kier molecular flexibility index (Phi) is 53.8. The van der Waals surface area contributed by atoms with Crippen molar-refractivity contribution in [3.8, 4) is 0 Å². The van der Waals surface area contributed by atoms with E-state index in [2.05, 4.69) is 93.7 Å². The zero-order valence-corrected chi connectivity index (χ0v) is 44.9. The molecule has 0 spiro atoms. The highest BCUT2D eigenvalue weighted by molar-refractivity contribution is 5.71. The third kappa shape index (κ3) is 53.8. The Morgan fingerprint density at radius 2 is 0.588 bits per heavy atom. The molecule has 6 nitrogen and oxygen atoms in total. The molecule has 0 heterocycles. The zero-order valence-electron chi connectivity index (χ0n) is 44.9. The maximum Gasteiger partial charge on any atom is 0.306 e. The fourth-order valence-corrected chi connectivity index (χ4v) is 8.13. The van der Waals surface area contributed by atoms with Gasteiger partial charge < -0.3 is 14.2 Å². The second kappa shape index (κ2) is 56.4. The van der Waals surface area contributed by atoms with E-state index in [1.807, 2.05) is 0 Å². The van der Waals surface area contributed by atoms with Crippen LogP contribution in [0.1, 0.15) is 284 Å². The molecule has 0 saturated carbocycles. The highest BCUT2D eigenvalue weighted by atomic mass is 16.6. The molecule has 6 heteroatoms. The first-order valence-electron chi connectivity index (χ1n) is 29.0. The van der Waals surface area contributed by atoms with Gasteiger partial charge in [-0.05, 0) is 77.0 Å². The summed E-state index contributed by atoms with van der Waals surface area (Å²) in [7, 11) is 0. The lowest BCUT2D eigenvalue weighted by Gasteiger charge is -2.18. The van der Waals surface area contributed by atoms with E-state index < -0.39 is 6.10 Å². The molecule has 0 N–H and O–H groups in total. The average molecular weight is 950 g/mol. The zero-order chi connectivity index (χ0) is 49.3. The Morgan fingerprint density at radius 3 is 0.971 bits per heavy atom. The van der Waals surface area contributed by atoms with Crippen LogP contribution < -0.4 is 0 Å². The van der Waals surface area contributed by atoms with Crippen LogP contribution in [0.2, 0.25) is 0 Å². The predicted octanol–water partition coefficient (Wildman–Crippen LogP) is 19.4. The highest BCUT2D eigenvalue weighted by Crippen LogP contribution is 2.16. The number of hydrogen-bond donors (Lipinski definition) is 0. The molecule has 0 aromatic heterocycles. The fourth-order valence-electron chi connectivity index (χ4n) is 8.13. The molecule has 0 amide bonds. The third-order valence-corrected chi connectivity index (χ3v) is 12.5. The minimum absolute atomic E-state index is 0.0843. The summed E-state index contributed by atoms with van der Waals surface area (Å²) in [6.07, 6.45) is 71.6. The summed E-state index contributed by atoms with van der Waals surface area (Å²) in [6, 6.07) is 0. The Labute approximate surface area is 421 Å². The first-order chi connectivity index (χ1) is 33.5. The molecule has 0 aromatic carbocycles. The number of carbonyl (C=O) groups excluding carboxylic acids is 3. The van der Waals surface area contributed by atoms with E-state index in [4.69, 9.17) is 14.2 Å². The van der Waals surface area contributed by atoms with Gasteiger partial charge in [0.05, 0.1) is 0 Å². The van der Waals surface area contributed by atoms with Gasteiger partial charge in [-0.15, -0.1) is 0 Å². The summed E-state index contributed by atoms with van der Waals surface area (Å²) in [5, 5.41) is 0. The standard InChI is InChI=1S/C62H108O6/c1-4-7-10-13-16-19-22-25-28-30-32-34-37-40-43-46-49-52-55-61(64)67-58-59(57-66-60(63)54-51-48-45-42-39-36-33-27-24-21-18-15-12-9-6-3)68-62(65)56-53-50-47-44-41-38-35-31-29-26-23-20-17-14-11-8-5-2/h16-17,19-20,22,25-26,28-30,32,34,59H,4-15,18,21,23-24,27,31,33,35-58H2,1-3H3/b19-16-,20-17-,25-22-,29-26-,30-28-,34-32-. The third-order valence-electron chi connectivity index (χ3n) is 12.5. The van der Waals surface area contributed by atoms with Crippen molar-refractivity contribution in [1.29, 1.82) is 0 Å². The van der Waals surface area contributed by atoms with Crippen LogP contribution in [0.25, 0.3) is 0 Å². The molecule has 0 saturated heterocycles. The molecule has 0 aliphatic heterocycles. The van der Waals surface area contributed by atoms with Crippen LogP contribution in [0.4, 0.5) is 0 Å². The number of ether oxygens (including phenoxy) is 3. The van der Waals surface area contributed by atoms with Crippen molar-refractivity contribution in [2.24, 2.45) is 0 Å². The monoisotopic (exact) mass is 949 g/mol. The van der Waals surface area contributed by atoms with E-state index >= 15 is 0 Å². The molecule has 0 aliphatic carbocycles. The SMILES string of the molecule is CCCCC\C=C/C=C\C=C/C=C\CCCCCCCC(=O)OCC(COC(=O)CCCCCCCCCCCCCCCCC)OC(=O)CCCCCCCCC/C=C\C/C=C\CCCCC. The number of esters is 3. The number of carbonyl (C=O) groups is 3. The lowest BCUT2D eigenvalue weighted by molar-refractivity contribution is -0.167. The van der Waals surface area contributed by atoms with E-state index in [1.54, 1.807) is 0 Å². The minimum atomic E-state index is -0.789. The molecule has 0 bridgehead atoms. The topological polar surface area (TPSA) is 78.9 Å². The summed E-state index contributed by atoms with van der Waals surface area (Å²) < 4.78 is 16.9. The molecule has 1 atom stereocenters. The summed E-state index contributed by atoms with van der Waals surface area (Å²) in [5.74, 6) is -0.906. The highest BCUT2D eigenvalue weighted by Gasteiger charge is 2.19. The largest absolute Gasteiger partial charge is 0.462 e. The van der Waals surface area contributed by atoms with Gasteiger partial charge in [0.2, 0.25) is 0 Å². The van der Waals surface area contributed by atoms with Crippen molar-refractivity contribution >= 4 is 17.9 Å². The summed E-state index contributed by atoms with van der Waals surface area (Å²) in [5.41, 5.74) is 0. The van der Waals surface area contributed by atoms with Crippen LogP contribution in [0.5, 0.6) is 0 Å². The van der Waals surface area contributed by atoms with Crippen molar-refractivity contribution in [2.45, 2.75) is 290 Å². The normalized spacial score (nSPS) is 12.6. The first-order valence-corrected chi connectivity index (χ1v) is 29.0. The average Bonchev–Trinajstić information content (AvgIpc) is 3.34. The minimum Gasteiger partial charge on any atom is -0.462 e. The van der Waals surface area contributed by atoms with Crippen molar-refractivity contribution in [3.63, 3.8) is 0 Å². The Hall–Kier alpha value is -3.15. The second-order valence-corrected chi connectivity index (χ2v) is 19.3. The Bertz CT molecular complexity index is 1270. The fraction of sp³-hybridized carbons (Fsp3) is 0.758. The van der Waals surface area contributed by atoms with Gasteiger partial charge in [0.15, 0.2) is 6.10 Å². The molecule has 68 heavy (non-hydrogen) atoms. The lowest BCUT2D eigenvalue weighted by Crippen LogP contribution is -2.30. The molecular weight excluding hydrogens is 841 g/mol. The second-order valence-electron chi connectivity index (χ2n) is 19.3. The van der Waals surface area contributed by atoms with Crippen LogP contribution >= 0.6 is 0 Å². The van der Waals surface area contributed by atoms with Gasteiger partial charge in [0, 0.05) is 19.3 Å². The van der Waals surface area contributed by atoms with Gasteiger partial charge in [-0.2, -0.15) is 0 Å². The van der Waals surface area contributed by atoms with Crippen molar-refractivity contribution in [3.05, 3.63) is 72.9 Å². The van der Waals surface area contributed by atoms with Crippen LogP contribution in [0, 0.1) is 0 Å². The van der Waals surface area contributed by atoms with Crippen LogP contribution in [-0.4, -0.2) is 37.2 Å². The quantitative estimate of drug-likeness (QED) is 0.0199. The molecule has 0 aromatic rings. The van der Waals surface area contributed by atoms with Crippen LogP contribution in [-0.2, 0) is 28.6 Å². The van der Waals surface area contributed by atoms with Crippen molar-refractivity contribution < 1.29 is 28.6 Å². The van der Waals surface area contributed by atoms with Gasteiger partial charge in [-0.3, -0.25) is 14.4 Å². The van der Waals surface area contributed by atoms with Crippen LogP contribution in [0.15, 0.2) is 72.9 Å². The Morgan fingerprint density at radius 1 is 0.309 bits per heavy atom. The van der Waals surface area contributed by atoms with Gasteiger partial charge in [0.1, 0.15) is 13.2 Å². The van der Waals surface area contributed by atoms with E-state index in [1.165, 1.54) is 148 Å². The number of allylic oxidation sites excluding steroid dienone is 12. The lowest BCUT2D eigenvalue weighted by atomic mass is 10.0. The van der Waals surface area contributed by atoms with Gasteiger partial charge in [-0.25, -0.2) is 0 Å². The summed E-state index contributed by atoms with van der Waals surface area (Å²) in [4.78, 5) is 38.2. The van der Waals surface area contributed by atoms with E-state index in [-0.39, 0.29) is 31.1 Å². The molecule has 0 aliphatic rings. The Balaban J connectivity index is 4.44. The van der Waals surface area contributed by atoms with Gasteiger partial charge in [-0.1, -0.05) is 261 Å². The van der Waals surface area contributed by atoms with Gasteiger partial charge >= 0.3 is 17.9 Å². The molecular formula is C62H108O6. The summed E-state index contributed by atoms with van der Waals surface area (Å²) in [6.45, 7) is 6.57. The maximum absolute atomic E-state index is 12.9. The maximum atomic E-state index is 12.9. The number of rotatable bonds is 52. The number of hydrogen-bond acceptors (Lipinski definition) is 6. The molecule has 1 unspecified atom stereocenters. The molecule has 0 radical (unpaired) electrons. The predicted molar refractivity (Wildman–Crippen MR) is 293 cm³/mol.